The zero-order valence-corrected chi connectivity index (χ0v) is 24.4. The fourth-order valence-electron chi connectivity index (χ4n) is 5.62. The Labute approximate surface area is 259 Å². The molecular weight excluding hydrogens is 532 g/mol. The van der Waals surface area contributed by atoms with Gasteiger partial charge in [0.05, 0.1) is 0 Å². The standard InChI is InChI=1S/C42H32N2/c1-5-13-37(14-6-1)43(38-15-7-2-8-16-38)41-28-24-33(25-29-41)21-22-34-23-26-36-32-42(30-27-35(36)31-34)44(39-17-9-3-10-18-39)40-19-11-4-12-20-40/h1-32H/b22-21+. The normalized spacial score (nSPS) is 11.1. The Morgan fingerprint density at radius 1 is 0.273 bits per heavy atom. The summed E-state index contributed by atoms with van der Waals surface area (Å²) in [6.45, 7) is 0. The molecule has 0 radical (unpaired) electrons. The van der Waals surface area contributed by atoms with Gasteiger partial charge < -0.3 is 9.80 Å². The fourth-order valence-corrected chi connectivity index (χ4v) is 5.62. The molecule has 2 nitrogen and oxygen atoms in total. The van der Waals surface area contributed by atoms with E-state index in [1.54, 1.807) is 0 Å². The number of hydrogen-bond donors (Lipinski definition) is 0. The molecule has 0 bridgehead atoms. The van der Waals surface area contributed by atoms with Crippen molar-refractivity contribution in [2.75, 3.05) is 9.80 Å². The third-order valence-corrected chi connectivity index (χ3v) is 7.78. The topological polar surface area (TPSA) is 6.48 Å². The van der Waals surface area contributed by atoms with Crippen LogP contribution >= 0.6 is 0 Å². The maximum Gasteiger partial charge on any atom is 0.0468 e. The second kappa shape index (κ2) is 12.6. The lowest BCUT2D eigenvalue weighted by atomic mass is 10.0. The highest BCUT2D eigenvalue weighted by Gasteiger charge is 2.13. The van der Waals surface area contributed by atoms with E-state index in [9.17, 15) is 0 Å². The molecule has 0 aliphatic carbocycles. The Bertz CT molecular complexity index is 1900. The minimum atomic E-state index is 1.13. The number of hydrogen-bond acceptors (Lipinski definition) is 2. The Morgan fingerprint density at radius 3 is 1.11 bits per heavy atom. The van der Waals surface area contributed by atoms with Crippen LogP contribution in [0, 0.1) is 0 Å². The van der Waals surface area contributed by atoms with Crippen molar-refractivity contribution in [3.8, 4) is 0 Å². The number of rotatable bonds is 8. The summed E-state index contributed by atoms with van der Waals surface area (Å²) >= 11 is 0. The first kappa shape index (κ1) is 27.0. The molecule has 0 atom stereocenters. The number of anilines is 6. The van der Waals surface area contributed by atoms with Gasteiger partial charge >= 0.3 is 0 Å². The van der Waals surface area contributed by atoms with Crippen LogP contribution in [-0.2, 0) is 0 Å². The maximum atomic E-state index is 2.30. The fraction of sp³-hybridized carbons (Fsp3) is 0. The second-order valence-electron chi connectivity index (χ2n) is 10.7. The van der Waals surface area contributed by atoms with E-state index in [0.29, 0.717) is 0 Å². The van der Waals surface area contributed by atoms with E-state index in [4.69, 9.17) is 0 Å². The summed E-state index contributed by atoms with van der Waals surface area (Å²) in [5.41, 5.74) is 9.14. The Hall–Kier alpha value is -5.86. The molecule has 0 saturated carbocycles. The van der Waals surface area contributed by atoms with Gasteiger partial charge in [0.2, 0.25) is 0 Å². The molecule has 0 saturated heterocycles. The molecule has 0 amide bonds. The summed E-state index contributed by atoms with van der Waals surface area (Å²) in [6, 6.07) is 64.1. The summed E-state index contributed by atoms with van der Waals surface area (Å²) in [5, 5.41) is 2.43. The van der Waals surface area contributed by atoms with Gasteiger partial charge in [0.1, 0.15) is 0 Å². The van der Waals surface area contributed by atoms with E-state index in [-0.39, 0.29) is 0 Å². The lowest BCUT2D eigenvalue weighted by molar-refractivity contribution is 1.28. The summed E-state index contributed by atoms with van der Waals surface area (Å²) in [4.78, 5) is 4.58. The van der Waals surface area contributed by atoms with Crippen LogP contribution in [0.4, 0.5) is 34.1 Å². The third-order valence-electron chi connectivity index (χ3n) is 7.78. The highest BCUT2D eigenvalue weighted by molar-refractivity contribution is 5.91. The minimum absolute atomic E-state index is 1.13. The second-order valence-corrected chi connectivity index (χ2v) is 10.7. The van der Waals surface area contributed by atoms with Gasteiger partial charge in [0.15, 0.2) is 0 Å². The Kier molecular flexibility index (Phi) is 7.71. The number of nitrogens with zero attached hydrogens (tertiary/aromatic N) is 2. The smallest absolute Gasteiger partial charge is 0.0468 e. The molecule has 7 aromatic rings. The van der Waals surface area contributed by atoms with Crippen LogP contribution in [-0.4, -0.2) is 0 Å². The zero-order chi connectivity index (χ0) is 29.6. The molecule has 2 heteroatoms. The van der Waals surface area contributed by atoms with E-state index >= 15 is 0 Å². The van der Waals surface area contributed by atoms with Crippen molar-refractivity contribution in [3.63, 3.8) is 0 Å². The molecule has 0 spiro atoms. The van der Waals surface area contributed by atoms with Gasteiger partial charge in [-0.2, -0.15) is 0 Å². The van der Waals surface area contributed by atoms with Gasteiger partial charge in [-0.3, -0.25) is 0 Å². The van der Waals surface area contributed by atoms with Crippen LogP contribution in [0.2, 0.25) is 0 Å². The summed E-state index contributed by atoms with van der Waals surface area (Å²) in [5.74, 6) is 0. The van der Waals surface area contributed by atoms with Crippen molar-refractivity contribution in [2.24, 2.45) is 0 Å². The molecule has 44 heavy (non-hydrogen) atoms. The van der Waals surface area contributed by atoms with Crippen LogP contribution in [0.15, 0.2) is 182 Å². The Morgan fingerprint density at radius 2 is 0.614 bits per heavy atom. The Balaban J connectivity index is 1.14. The van der Waals surface area contributed by atoms with Crippen LogP contribution in [0.1, 0.15) is 11.1 Å². The summed E-state index contributed by atoms with van der Waals surface area (Å²) in [7, 11) is 0. The van der Waals surface area contributed by atoms with Crippen molar-refractivity contribution >= 4 is 57.0 Å². The summed E-state index contributed by atoms with van der Waals surface area (Å²) in [6.07, 6.45) is 4.37. The van der Waals surface area contributed by atoms with E-state index in [1.165, 1.54) is 16.3 Å². The van der Waals surface area contributed by atoms with Gasteiger partial charge in [0.25, 0.3) is 0 Å². The first-order valence-corrected chi connectivity index (χ1v) is 14.9. The molecule has 210 valence electrons. The highest BCUT2D eigenvalue weighted by Crippen LogP contribution is 2.36. The number of benzene rings is 7. The number of para-hydroxylation sites is 4. The lowest BCUT2D eigenvalue weighted by Crippen LogP contribution is -2.09. The van der Waals surface area contributed by atoms with Crippen molar-refractivity contribution < 1.29 is 0 Å². The predicted octanol–water partition coefficient (Wildman–Crippen LogP) is 11.9. The van der Waals surface area contributed by atoms with Crippen LogP contribution in [0.25, 0.3) is 22.9 Å². The monoisotopic (exact) mass is 564 g/mol. The van der Waals surface area contributed by atoms with E-state index in [0.717, 1.165) is 39.7 Å². The molecule has 7 rings (SSSR count). The first-order valence-electron chi connectivity index (χ1n) is 14.9. The highest BCUT2D eigenvalue weighted by atomic mass is 15.1. The third kappa shape index (κ3) is 5.88. The molecule has 7 aromatic carbocycles. The van der Waals surface area contributed by atoms with Crippen molar-refractivity contribution in [3.05, 3.63) is 193 Å². The molecule has 0 aromatic heterocycles. The molecule has 0 unspecified atom stereocenters. The van der Waals surface area contributed by atoms with Crippen LogP contribution in [0.5, 0.6) is 0 Å². The van der Waals surface area contributed by atoms with E-state index < -0.39 is 0 Å². The van der Waals surface area contributed by atoms with E-state index in [2.05, 4.69) is 204 Å². The average molecular weight is 565 g/mol. The van der Waals surface area contributed by atoms with Crippen molar-refractivity contribution in [2.45, 2.75) is 0 Å². The van der Waals surface area contributed by atoms with Gasteiger partial charge in [-0.05, 0) is 101 Å². The van der Waals surface area contributed by atoms with E-state index in [1.807, 2.05) is 0 Å². The minimum Gasteiger partial charge on any atom is -0.311 e. The van der Waals surface area contributed by atoms with Gasteiger partial charge in [-0.1, -0.05) is 115 Å². The first-order chi connectivity index (χ1) is 21.8. The predicted molar refractivity (Wildman–Crippen MR) is 189 cm³/mol. The van der Waals surface area contributed by atoms with Gasteiger partial charge in [-0.15, -0.1) is 0 Å². The largest absolute Gasteiger partial charge is 0.311 e. The lowest BCUT2D eigenvalue weighted by Gasteiger charge is -2.25. The van der Waals surface area contributed by atoms with Gasteiger partial charge in [0, 0.05) is 34.1 Å². The molecule has 0 aliphatic heterocycles. The van der Waals surface area contributed by atoms with Crippen molar-refractivity contribution in [1.29, 1.82) is 0 Å². The quantitative estimate of drug-likeness (QED) is 0.169. The SMILES string of the molecule is C(=C\c1ccc2cc(N(c3ccccc3)c3ccccc3)ccc2c1)/c1ccc(N(c2ccccc2)c2ccccc2)cc1. The van der Waals surface area contributed by atoms with Crippen LogP contribution in [0.3, 0.4) is 0 Å². The zero-order valence-electron chi connectivity index (χ0n) is 24.4. The van der Waals surface area contributed by atoms with Crippen molar-refractivity contribution in [1.82, 2.24) is 0 Å². The maximum absolute atomic E-state index is 2.30. The molecule has 0 heterocycles. The van der Waals surface area contributed by atoms with Crippen LogP contribution < -0.4 is 9.80 Å². The molecule has 0 aliphatic rings. The average Bonchev–Trinajstić information content (AvgIpc) is 3.10. The van der Waals surface area contributed by atoms with Gasteiger partial charge in [-0.25, -0.2) is 0 Å². The molecular formula is C42H32N2. The molecule has 0 fully saturated rings. The summed E-state index contributed by atoms with van der Waals surface area (Å²) < 4.78 is 0. The molecule has 0 N–H and O–H groups in total. The number of fused-ring (bicyclic) bond motifs is 1.